The van der Waals surface area contributed by atoms with Crippen molar-refractivity contribution < 1.29 is 15.0 Å². The minimum Gasteiger partial charge on any atom is -0.506 e. The molecule has 4 nitrogen and oxygen atoms in total. The number of hydrogen-bond donors (Lipinski definition) is 2. The molecule has 0 amide bonds. The highest BCUT2D eigenvalue weighted by Gasteiger charge is 2.06. The first-order valence-corrected chi connectivity index (χ1v) is 3.95. The first kappa shape index (κ1) is 9.67. The van der Waals surface area contributed by atoms with Gasteiger partial charge in [-0.3, -0.25) is 9.78 Å². The summed E-state index contributed by atoms with van der Waals surface area (Å²) in [5, 5.41) is 18.0. The zero-order valence-electron chi connectivity index (χ0n) is 7.32. The lowest BCUT2D eigenvalue weighted by atomic mass is 10.1. The van der Waals surface area contributed by atoms with Crippen molar-refractivity contribution in [2.75, 3.05) is 6.61 Å². The summed E-state index contributed by atoms with van der Waals surface area (Å²) in [6.07, 6.45) is 1.69. The van der Waals surface area contributed by atoms with Crippen LogP contribution in [0.5, 0.6) is 5.75 Å². The summed E-state index contributed by atoms with van der Waals surface area (Å²) in [4.78, 5) is 14.7. The molecule has 1 heterocycles. The standard InChI is InChI=1S/C9H11NO3/c1-6(12)7-4-9(13)8(2-3-11)10-5-7/h4-5,11,13H,2-3H2,1H3. The van der Waals surface area contributed by atoms with Crippen molar-refractivity contribution in [3.63, 3.8) is 0 Å². The lowest BCUT2D eigenvalue weighted by Gasteiger charge is -2.02. The maximum Gasteiger partial charge on any atom is 0.161 e. The number of hydrogen-bond acceptors (Lipinski definition) is 4. The number of Topliss-reactive ketones (excluding diaryl/α,β-unsaturated/α-hetero) is 1. The van der Waals surface area contributed by atoms with Gasteiger partial charge in [0.1, 0.15) is 5.75 Å². The third kappa shape index (κ3) is 2.26. The Morgan fingerprint density at radius 3 is 2.77 bits per heavy atom. The van der Waals surface area contributed by atoms with Gasteiger partial charge in [-0.25, -0.2) is 0 Å². The van der Waals surface area contributed by atoms with Gasteiger partial charge in [-0.1, -0.05) is 0 Å². The van der Waals surface area contributed by atoms with Crippen LogP contribution in [0.3, 0.4) is 0 Å². The van der Waals surface area contributed by atoms with E-state index in [9.17, 15) is 9.90 Å². The molecule has 0 fully saturated rings. The Morgan fingerprint density at radius 1 is 1.62 bits per heavy atom. The van der Waals surface area contributed by atoms with Crippen LogP contribution in [0.15, 0.2) is 12.3 Å². The third-order valence-electron chi connectivity index (χ3n) is 1.70. The second-order valence-electron chi connectivity index (χ2n) is 2.72. The number of carbonyl (C=O) groups excluding carboxylic acids is 1. The fourth-order valence-electron chi connectivity index (χ4n) is 0.973. The van der Waals surface area contributed by atoms with Crippen molar-refractivity contribution in [1.29, 1.82) is 0 Å². The maximum absolute atomic E-state index is 10.9. The molecule has 70 valence electrons. The molecule has 0 atom stereocenters. The molecule has 4 heteroatoms. The molecule has 0 radical (unpaired) electrons. The molecule has 0 aliphatic heterocycles. The van der Waals surface area contributed by atoms with Crippen LogP contribution in [-0.2, 0) is 6.42 Å². The highest BCUT2D eigenvalue weighted by molar-refractivity contribution is 5.94. The third-order valence-corrected chi connectivity index (χ3v) is 1.70. The van der Waals surface area contributed by atoms with E-state index in [1.54, 1.807) is 0 Å². The number of rotatable bonds is 3. The molecule has 0 aromatic carbocycles. The minimum atomic E-state index is -0.140. The number of aromatic hydroxyl groups is 1. The average Bonchev–Trinajstić information content (AvgIpc) is 2.08. The quantitative estimate of drug-likeness (QED) is 0.667. The largest absolute Gasteiger partial charge is 0.506 e. The van der Waals surface area contributed by atoms with Gasteiger partial charge in [0.05, 0.1) is 5.69 Å². The molecule has 13 heavy (non-hydrogen) atoms. The monoisotopic (exact) mass is 181 g/mol. The van der Waals surface area contributed by atoms with E-state index in [1.807, 2.05) is 0 Å². The minimum absolute atomic E-state index is 0.0400. The van der Waals surface area contributed by atoms with Gasteiger partial charge in [-0.2, -0.15) is 0 Å². The van der Waals surface area contributed by atoms with Gasteiger partial charge in [0.15, 0.2) is 5.78 Å². The van der Waals surface area contributed by atoms with E-state index >= 15 is 0 Å². The van der Waals surface area contributed by atoms with E-state index in [1.165, 1.54) is 19.2 Å². The summed E-state index contributed by atoms with van der Waals surface area (Å²) >= 11 is 0. The Balaban J connectivity index is 2.98. The van der Waals surface area contributed by atoms with Crippen LogP contribution in [0.2, 0.25) is 0 Å². The van der Waals surface area contributed by atoms with Crippen LogP contribution in [0.25, 0.3) is 0 Å². The number of nitrogens with zero attached hydrogens (tertiary/aromatic N) is 1. The first-order chi connectivity index (χ1) is 6.15. The summed E-state index contributed by atoms with van der Waals surface area (Å²) in [6, 6.07) is 1.36. The highest BCUT2D eigenvalue weighted by Crippen LogP contribution is 2.16. The molecule has 0 spiro atoms. The average molecular weight is 181 g/mol. The molecule has 0 aliphatic carbocycles. The van der Waals surface area contributed by atoms with Crippen molar-refractivity contribution in [3.8, 4) is 5.75 Å². The lowest BCUT2D eigenvalue weighted by Crippen LogP contribution is -1.99. The SMILES string of the molecule is CC(=O)c1cnc(CCO)c(O)c1. The van der Waals surface area contributed by atoms with Crippen LogP contribution in [0.4, 0.5) is 0 Å². The fraction of sp³-hybridized carbons (Fsp3) is 0.333. The molecule has 1 aromatic heterocycles. The Bertz CT molecular complexity index is 323. The molecule has 0 aliphatic rings. The van der Waals surface area contributed by atoms with Gasteiger partial charge in [0, 0.05) is 24.8 Å². The van der Waals surface area contributed by atoms with Gasteiger partial charge >= 0.3 is 0 Å². The van der Waals surface area contributed by atoms with Gasteiger partial charge in [0.25, 0.3) is 0 Å². The first-order valence-electron chi connectivity index (χ1n) is 3.95. The van der Waals surface area contributed by atoms with Crippen LogP contribution in [-0.4, -0.2) is 27.6 Å². The second-order valence-corrected chi connectivity index (χ2v) is 2.72. The number of aromatic nitrogens is 1. The number of aliphatic hydroxyl groups is 1. The Morgan fingerprint density at radius 2 is 2.31 bits per heavy atom. The molecule has 0 bridgehead atoms. The molecule has 1 rings (SSSR count). The molecule has 0 unspecified atom stereocenters. The summed E-state index contributed by atoms with van der Waals surface area (Å²) in [7, 11) is 0. The van der Waals surface area contributed by atoms with Gasteiger partial charge in [-0.05, 0) is 13.0 Å². The number of carbonyl (C=O) groups is 1. The molecule has 1 aromatic rings. The molecule has 0 saturated carbocycles. The number of pyridine rings is 1. The number of aliphatic hydroxyl groups excluding tert-OH is 1. The lowest BCUT2D eigenvalue weighted by molar-refractivity contribution is 0.101. The Kier molecular flexibility index (Phi) is 2.97. The van der Waals surface area contributed by atoms with E-state index in [0.29, 0.717) is 17.7 Å². The molecule has 0 saturated heterocycles. The Hall–Kier alpha value is -1.42. The second kappa shape index (κ2) is 4.00. The van der Waals surface area contributed by atoms with Gasteiger partial charge < -0.3 is 10.2 Å². The smallest absolute Gasteiger partial charge is 0.161 e. The summed E-state index contributed by atoms with van der Waals surface area (Å²) in [5.41, 5.74) is 0.784. The van der Waals surface area contributed by atoms with Gasteiger partial charge in [0.2, 0.25) is 0 Å². The van der Waals surface area contributed by atoms with Crippen molar-refractivity contribution >= 4 is 5.78 Å². The van der Waals surface area contributed by atoms with Crippen LogP contribution < -0.4 is 0 Å². The van der Waals surface area contributed by atoms with E-state index < -0.39 is 0 Å². The number of ketones is 1. The predicted molar refractivity (Wildman–Crippen MR) is 46.7 cm³/mol. The van der Waals surface area contributed by atoms with Crippen molar-refractivity contribution in [3.05, 3.63) is 23.5 Å². The van der Waals surface area contributed by atoms with E-state index in [0.717, 1.165) is 0 Å². The van der Waals surface area contributed by atoms with Crippen molar-refractivity contribution in [2.24, 2.45) is 0 Å². The predicted octanol–water partition coefficient (Wildman–Crippen LogP) is 0.525. The van der Waals surface area contributed by atoms with Crippen LogP contribution in [0.1, 0.15) is 23.0 Å². The van der Waals surface area contributed by atoms with Gasteiger partial charge in [-0.15, -0.1) is 0 Å². The van der Waals surface area contributed by atoms with E-state index in [4.69, 9.17) is 5.11 Å². The van der Waals surface area contributed by atoms with Crippen molar-refractivity contribution in [1.82, 2.24) is 4.98 Å². The molecular weight excluding hydrogens is 170 g/mol. The summed E-state index contributed by atoms with van der Waals surface area (Å²) < 4.78 is 0. The van der Waals surface area contributed by atoms with Crippen LogP contribution >= 0.6 is 0 Å². The van der Waals surface area contributed by atoms with Crippen molar-refractivity contribution in [2.45, 2.75) is 13.3 Å². The summed E-state index contributed by atoms with van der Waals surface area (Å²) in [6.45, 7) is 1.34. The zero-order chi connectivity index (χ0) is 9.84. The maximum atomic E-state index is 10.9. The van der Waals surface area contributed by atoms with Crippen LogP contribution in [0, 0.1) is 0 Å². The topological polar surface area (TPSA) is 70.4 Å². The highest BCUT2D eigenvalue weighted by atomic mass is 16.3. The fourth-order valence-corrected chi connectivity index (χ4v) is 0.973. The Labute approximate surface area is 75.9 Å². The summed E-state index contributed by atoms with van der Waals surface area (Å²) in [5.74, 6) is -0.180. The molecular formula is C9H11NO3. The van der Waals surface area contributed by atoms with E-state index in [-0.39, 0.29) is 18.1 Å². The van der Waals surface area contributed by atoms with E-state index in [2.05, 4.69) is 4.98 Å². The normalized spacial score (nSPS) is 10.0. The zero-order valence-corrected chi connectivity index (χ0v) is 7.32. The molecule has 2 N–H and O–H groups in total.